The van der Waals surface area contributed by atoms with Gasteiger partial charge in [-0.2, -0.15) is 0 Å². The Hall–Kier alpha value is -1.03. The highest BCUT2D eigenvalue weighted by Gasteiger charge is 2.49. The van der Waals surface area contributed by atoms with E-state index in [2.05, 4.69) is 5.32 Å². The zero-order chi connectivity index (χ0) is 14.5. The number of hydrogen-bond acceptors (Lipinski definition) is 2. The molecule has 0 radical (unpaired) electrons. The smallest absolute Gasteiger partial charge is 0.246 e. The van der Waals surface area contributed by atoms with Gasteiger partial charge in [-0.25, -0.2) is 0 Å². The van der Waals surface area contributed by atoms with Crippen molar-refractivity contribution in [2.45, 2.75) is 58.0 Å². The zero-order valence-corrected chi connectivity index (χ0v) is 12.7. The third kappa shape index (κ3) is 2.94. The number of amides is 2. The number of rotatable bonds is 6. The summed E-state index contributed by atoms with van der Waals surface area (Å²) >= 11 is 5.56. The zero-order valence-electron chi connectivity index (χ0n) is 11.9. The van der Waals surface area contributed by atoms with Crippen molar-refractivity contribution >= 4 is 23.4 Å². The molecule has 19 heavy (non-hydrogen) atoms. The molecule has 0 saturated carbocycles. The van der Waals surface area contributed by atoms with Gasteiger partial charge in [0, 0.05) is 12.1 Å². The van der Waals surface area contributed by atoms with Crippen LogP contribution in [0.3, 0.4) is 0 Å². The van der Waals surface area contributed by atoms with E-state index in [9.17, 15) is 9.59 Å². The summed E-state index contributed by atoms with van der Waals surface area (Å²) in [5.41, 5.74) is 0.655. The third-order valence-electron chi connectivity index (χ3n) is 3.93. The van der Waals surface area contributed by atoms with Crippen molar-refractivity contribution < 1.29 is 9.59 Å². The van der Waals surface area contributed by atoms with Crippen molar-refractivity contribution in [3.8, 4) is 0 Å². The van der Waals surface area contributed by atoms with Crippen LogP contribution in [-0.4, -0.2) is 34.8 Å². The molecule has 0 aliphatic carbocycles. The van der Waals surface area contributed by atoms with E-state index in [1.165, 1.54) is 5.54 Å². The molecule has 0 aromatic carbocycles. The quantitative estimate of drug-likeness (QED) is 0.815. The molecule has 1 aliphatic rings. The summed E-state index contributed by atoms with van der Waals surface area (Å²) in [7, 11) is 0. The summed E-state index contributed by atoms with van der Waals surface area (Å²) in [6, 6.07) is -0.396. The fraction of sp³-hybridized carbons (Fsp3) is 0.714. The van der Waals surface area contributed by atoms with Gasteiger partial charge in [0.1, 0.15) is 11.6 Å². The SMILES string of the molecule is CCCC1NC(=O)C(CC)(CC)N(C/C=C/Cl)C1=O. The van der Waals surface area contributed by atoms with Crippen LogP contribution >= 0.6 is 11.6 Å². The molecule has 1 heterocycles. The van der Waals surface area contributed by atoms with Gasteiger partial charge in [-0.1, -0.05) is 44.9 Å². The maximum absolute atomic E-state index is 12.5. The van der Waals surface area contributed by atoms with Gasteiger partial charge in [0.25, 0.3) is 0 Å². The molecule has 0 spiro atoms. The second-order valence-corrected chi connectivity index (χ2v) is 5.12. The molecule has 1 atom stereocenters. The normalized spacial score (nSPS) is 22.9. The van der Waals surface area contributed by atoms with Crippen LogP contribution in [0.2, 0.25) is 0 Å². The standard InChI is InChI=1S/C14H23ClN2O2/c1-4-8-11-12(18)17(10-7-9-15)14(5-2,6-3)13(19)16-11/h7,9,11H,4-6,8,10H2,1-3H3,(H,16,19)/b9-7+. The maximum atomic E-state index is 12.5. The molecule has 5 heteroatoms. The van der Waals surface area contributed by atoms with Gasteiger partial charge in [-0.15, -0.1) is 0 Å². The molecule has 0 aromatic heterocycles. The van der Waals surface area contributed by atoms with Gasteiger partial charge in [0.05, 0.1) is 0 Å². The predicted octanol–water partition coefficient (Wildman–Crippen LogP) is 2.42. The van der Waals surface area contributed by atoms with Gasteiger partial charge in [-0.05, 0) is 19.3 Å². The Morgan fingerprint density at radius 3 is 2.42 bits per heavy atom. The lowest BCUT2D eigenvalue weighted by molar-refractivity contribution is -0.157. The Morgan fingerprint density at radius 2 is 1.95 bits per heavy atom. The highest BCUT2D eigenvalue weighted by Crippen LogP contribution is 2.29. The number of nitrogens with one attached hydrogen (secondary N) is 1. The molecule has 1 rings (SSSR count). The molecule has 108 valence electrons. The van der Waals surface area contributed by atoms with Crippen LogP contribution in [0.4, 0.5) is 0 Å². The van der Waals surface area contributed by atoms with Crippen LogP contribution in [-0.2, 0) is 9.59 Å². The summed E-state index contributed by atoms with van der Waals surface area (Å²) in [6.45, 7) is 6.27. The van der Waals surface area contributed by atoms with E-state index in [-0.39, 0.29) is 11.8 Å². The first-order valence-electron chi connectivity index (χ1n) is 6.95. The van der Waals surface area contributed by atoms with E-state index >= 15 is 0 Å². The minimum atomic E-state index is -0.738. The van der Waals surface area contributed by atoms with Crippen LogP contribution in [0.25, 0.3) is 0 Å². The van der Waals surface area contributed by atoms with E-state index in [1.807, 2.05) is 20.8 Å². The predicted molar refractivity (Wildman–Crippen MR) is 76.9 cm³/mol. The fourth-order valence-electron chi connectivity index (χ4n) is 2.72. The van der Waals surface area contributed by atoms with Gasteiger partial charge < -0.3 is 10.2 Å². The average molecular weight is 287 g/mol. The molecule has 1 fully saturated rings. The Labute approximate surface area is 120 Å². The van der Waals surface area contributed by atoms with Crippen LogP contribution < -0.4 is 5.32 Å². The van der Waals surface area contributed by atoms with Crippen LogP contribution in [0.15, 0.2) is 11.6 Å². The third-order valence-corrected chi connectivity index (χ3v) is 4.11. The lowest BCUT2D eigenvalue weighted by atomic mass is 9.85. The number of piperazine rings is 1. The van der Waals surface area contributed by atoms with Crippen LogP contribution in [0.5, 0.6) is 0 Å². The van der Waals surface area contributed by atoms with E-state index in [1.54, 1.807) is 11.0 Å². The van der Waals surface area contributed by atoms with Gasteiger partial charge in [0.15, 0.2) is 0 Å². The number of hydrogen-bond donors (Lipinski definition) is 1. The minimum Gasteiger partial charge on any atom is -0.342 e. The maximum Gasteiger partial charge on any atom is 0.246 e. The van der Waals surface area contributed by atoms with Crippen molar-refractivity contribution in [3.05, 3.63) is 11.6 Å². The second-order valence-electron chi connectivity index (χ2n) is 4.86. The van der Waals surface area contributed by atoms with Gasteiger partial charge >= 0.3 is 0 Å². The lowest BCUT2D eigenvalue weighted by Crippen LogP contribution is -2.70. The Balaban J connectivity index is 3.09. The Bertz CT molecular complexity index is 364. The molecular weight excluding hydrogens is 264 g/mol. The topological polar surface area (TPSA) is 49.4 Å². The first-order chi connectivity index (χ1) is 9.07. The summed E-state index contributed by atoms with van der Waals surface area (Å²) in [5.74, 6) is -0.0431. The van der Waals surface area contributed by atoms with Crippen molar-refractivity contribution in [2.24, 2.45) is 0 Å². The molecule has 0 bridgehead atoms. The molecule has 4 nitrogen and oxygen atoms in total. The van der Waals surface area contributed by atoms with Crippen molar-refractivity contribution in [1.29, 1.82) is 0 Å². The molecule has 2 amide bonds. The molecule has 1 N–H and O–H groups in total. The van der Waals surface area contributed by atoms with Gasteiger partial charge in [0.2, 0.25) is 11.8 Å². The van der Waals surface area contributed by atoms with E-state index in [0.29, 0.717) is 25.8 Å². The monoisotopic (exact) mass is 286 g/mol. The van der Waals surface area contributed by atoms with Crippen LogP contribution in [0.1, 0.15) is 46.5 Å². The van der Waals surface area contributed by atoms with E-state index in [4.69, 9.17) is 11.6 Å². The van der Waals surface area contributed by atoms with Crippen molar-refractivity contribution in [1.82, 2.24) is 10.2 Å². The summed E-state index contributed by atoms with van der Waals surface area (Å²) in [6.07, 6.45) is 4.46. The summed E-state index contributed by atoms with van der Waals surface area (Å²) in [4.78, 5) is 26.6. The fourth-order valence-corrected chi connectivity index (χ4v) is 2.80. The number of nitrogens with zero attached hydrogens (tertiary/aromatic N) is 1. The number of carbonyl (C=O) groups excluding carboxylic acids is 2. The second kappa shape index (κ2) is 6.94. The number of halogens is 1. The van der Waals surface area contributed by atoms with Crippen molar-refractivity contribution in [3.63, 3.8) is 0 Å². The van der Waals surface area contributed by atoms with E-state index in [0.717, 1.165) is 6.42 Å². The molecular formula is C14H23ClN2O2. The Kier molecular flexibility index (Phi) is 5.85. The van der Waals surface area contributed by atoms with Crippen molar-refractivity contribution in [2.75, 3.05) is 6.54 Å². The van der Waals surface area contributed by atoms with E-state index < -0.39 is 11.6 Å². The Morgan fingerprint density at radius 1 is 1.32 bits per heavy atom. The molecule has 1 saturated heterocycles. The lowest BCUT2D eigenvalue weighted by Gasteiger charge is -2.47. The first-order valence-corrected chi connectivity index (χ1v) is 7.38. The van der Waals surface area contributed by atoms with Crippen LogP contribution in [0, 0.1) is 0 Å². The largest absolute Gasteiger partial charge is 0.342 e. The van der Waals surface area contributed by atoms with Gasteiger partial charge in [-0.3, -0.25) is 9.59 Å². The first kappa shape index (κ1) is 16.0. The minimum absolute atomic E-state index is 0.0000772. The molecule has 1 unspecified atom stereocenters. The highest BCUT2D eigenvalue weighted by molar-refractivity contribution is 6.25. The molecule has 0 aromatic rings. The number of carbonyl (C=O) groups is 2. The molecule has 1 aliphatic heterocycles. The average Bonchev–Trinajstić information content (AvgIpc) is 2.41. The highest BCUT2D eigenvalue weighted by atomic mass is 35.5. The summed E-state index contributed by atoms with van der Waals surface area (Å²) in [5, 5.41) is 2.88. The summed E-state index contributed by atoms with van der Waals surface area (Å²) < 4.78 is 0.